The van der Waals surface area contributed by atoms with Gasteiger partial charge in [-0.3, -0.25) is 9.36 Å². The summed E-state index contributed by atoms with van der Waals surface area (Å²) in [5.74, 6) is 1.17. The van der Waals surface area contributed by atoms with Gasteiger partial charge in [0, 0.05) is 55.3 Å². The van der Waals surface area contributed by atoms with Crippen molar-refractivity contribution >= 4 is 22.6 Å². The predicted octanol–water partition coefficient (Wildman–Crippen LogP) is 6.30. The van der Waals surface area contributed by atoms with Crippen LogP contribution in [0.25, 0.3) is 16.7 Å². The molecule has 1 saturated carbocycles. The highest BCUT2D eigenvalue weighted by molar-refractivity contribution is 5.96. The van der Waals surface area contributed by atoms with Crippen LogP contribution in [0.3, 0.4) is 0 Å². The molecule has 0 spiro atoms. The number of amides is 1. The standard InChI is InChI=1S/C31H33FN4O3/c1-19-11-22(32)14-25(12-19)39-26-15-28(33-17-21-7-9-38-10-8-21)30-29(16-26)36(18-34-30)24-5-6-27(20(2)13-24)31(37)35-23-3-4-23/h5-6,11-16,18,21,23,33H,3-4,7-10,17H2,1-2H3,(H,35,37). The minimum Gasteiger partial charge on any atom is -0.457 e. The van der Waals surface area contributed by atoms with Crippen molar-refractivity contribution < 1.29 is 18.7 Å². The van der Waals surface area contributed by atoms with Crippen LogP contribution in [0.2, 0.25) is 0 Å². The topological polar surface area (TPSA) is 77.4 Å². The van der Waals surface area contributed by atoms with Crippen molar-refractivity contribution in [3.8, 4) is 17.2 Å². The molecule has 7 nitrogen and oxygen atoms in total. The summed E-state index contributed by atoms with van der Waals surface area (Å²) in [7, 11) is 0. The summed E-state index contributed by atoms with van der Waals surface area (Å²) < 4.78 is 27.8. The van der Waals surface area contributed by atoms with Crippen molar-refractivity contribution in [3.05, 3.63) is 77.4 Å². The third kappa shape index (κ3) is 5.76. The molecule has 1 saturated heterocycles. The molecule has 39 heavy (non-hydrogen) atoms. The Hall–Kier alpha value is -3.91. The summed E-state index contributed by atoms with van der Waals surface area (Å²) in [6, 6.07) is 14.6. The normalized spacial score (nSPS) is 15.9. The van der Waals surface area contributed by atoms with Crippen molar-refractivity contribution in [1.29, 1.82) is 0 Å². The fraction of sp³-hybridized carbons (Fsp3) is 0.355. The first-order valence-corrected chi connectivity index (χ1v) is 13.6. The molecule has 2 aliphatic rings. The van der Waals surface area contributed by atoms with Gasteiger partial charge in [-0.15, -0.1) is 0 Å². The number of carbonyl (C=O) groups excluding carboxylic acids is 1. The third-order valence-electron chi connectivity index (χ3n) is 7.44. The van der Waals surface area contributed by atoms with Gasteiger partial charge < -0.3 is 20.1 Å². The van der Waals surface area contributed by atoms with E-state index in [1.165, 1.54) is 12.1 Å². The Morgan fingerprint density at radius 2 is 1.85 bits per heavy atom. The fourth-order valence-corrected chi connectivity index (χ4v) is 5.14. The molecule has 0 atom stereocenters. The molecule has 3 aromatic carbocycles. The highest BCUT2D eigenvalue weighted by Gasteiger charge is 2.24. The number of fused-ring (bicyclic) bond motifs is 1. The Morgan fingerprint density at radius 3 is 2.59 bits per heavy atom. The average Bonchev–Trinajstić information content (AvgIpc) is 3.62. The molecule has 1 aromatic heterocycles. The van der Waals surface area contributed by atoms with Gasteiger partial charge in [0.25, 0.3) is 5.91 Å². The molecule has 202 valence electrons. The molecule has 4 aromatic rings. The van der Waals surface area contributed by atoms with E-state index in [0.29, 0.717) is 29.0 Å². The summed E-state index contributed by atoms with van der Waals surface area (Å²) in [6.07, 6.45) is 5.93. The van der Waals surface area contributed by atoms with E-state index in [9.17, 15) is 9.18 Å². The molecule has 6 rings (SSSR count). The van der Waals surface area contributed by atoms with Gasteiger partial charge in [-0.25, -0.2) is 9.37 Å². The molecule has 0 radical (unpaired) electrons. The molecule has 2 heterocycles. The number of anilines is 1. The van der Waals surface area contributed by atoms with Crippen LogP contribution >= 0.6 is 0 Å². The molecular weight excluding hydrogens is 495 g/mol. The molecule has 0 unspecified atom stereocenters. The quantitative estimate of drug-likeness (QED) is 0.281. The summed E-state index contributed by atoms with van der Waals surface area (Å²) >= 11 is 0. The largest absolute Gasteiger partial charge is 0.457 e. The van der Waals surface area contributed by atoms with E-state index < -0.39 is 0 Å². The number of rotatable bonds is 8. The van der Waals surface area contributed by atoms with Gasteiger partial charge in [0.2, 0.25) is 0 Å². The summed E-state index contributed by atoms with van der Waals surface area (Å²) in [5.41, 5.74) is 5.79. The van der Waals surface area contributed by atoms with Crippen molar-refractivity contribution in [2.45, 2.75) is 45.6 Å². The first-order chi connectivity index (χ1) is 18.9. The highest BCUT2D eigenvalue weighted by atomic mass is 19.1. The summed E-state index contributed by atoms with van der Waals surface area (Å²) in [4.78, 5) is 17.4. The van der Waals surface area contributed by atoms with Gasteiger partial charge in [-0.1, -0.05) is 0 Å². The minimum absolute atomic E-state index is 0.0299. The van der Waals surface area contributed by atoms with Crippen molar-refractivity contribution in [2.75, 3.05) is 25.1 Å². The Bertz CT molecular complexity index is 1500. The van der Waals surface area contributed by atoms with Crippen LogP contribution in [0.1, 0.15) is 47.2 Å². The predicted molar refractivity (Wildman–Crippen MR) is 150 cm³/mol. The summed E-state index contributed by atoms with van der Waals surface area (Å²) in [5, 5.41) is 6.66. The number of aromatic nitrogens is 2. The first-order valence-electron chi connectivity index (χ1n) is 13.6. The van der Waals surface area contributed by atoms with Gasteiger partial charge in [0.1, 0.15) is 29.2 Å². The van der Waals surface area contributed by atoms with Crippen LogP contribution in [-0.2, 0) is 4.74 Å². The van der Waals surface area contributed by atoms with Gasteiger partial charge in [0.05, 0.1) is 11.2 Å². The number of carbonyl (C=O) groups is 1. The van der Waals surface area contributed by atoms with Crippen molar-refractivity contribution in [2.24, 2.45) is 5.92 Å². The van der Waals surface area contributed by atoms with Crippen LogP contribution in [0.15, 0.2) is 54.9 Å². The second-order valence-corrected chi connectivity index (χ2v) is 10.7. The molecule has 1 amide bonds. The van der Waals surface area contributed by atoms with Gasteiger partial charge >= 0.3 is 0 Å². The van der Waals surface area contributed by atoms with E-state index in [0.717, 1.165) is 79.0 Å². The van der Waals surface area contributed by atoms with Gasteiger partial charge in [-0.05, 0) is 86.9 Å². The number of nitrogens with one attached hydrogen (secondary N) is 2. The zero-order valence-corrected chi connectivity index (χ0v) is 22.3. The number of halogens is 1. The second-order valence-electron chi connectivity index (χ2n) is 10.7. The van der Waals surface area contributed by atoms with E-state index in [1.54, 1.807) is 6.33 Å². The number of imidazole rings is 1. The Labute approximate surface area is 227 Å². The number of hydrogen-bond donors (Lipinski definition) is 2. The number of hydrogen-bond acceptors (Lipinski definition) is 5. The third-order valence-corrected chi connectivity index (χ3v) is 7.44. The maximum absolute atomic E-state index is 14.1. The van der Waals surface area contributed by atoms with Crippen LogP contribution in [0.4, 0.5) is 10.1 Å². The maximum atomic E-state index is 14.1. The van der Waals surface area contributed by atoms with E-state index in [-0.39, 0.29) is 11.7 Å². The number of aryl methyl sites for hydroxylation is 2. The summed E-state index contributed by atoms with van der Waals surface area (Å²) in [6.45, 7) is 6.16. The van der Waals surface area contributed by atoms with E-state index in [4.69, 9.17) is 14.5 Å². The zero-order valence-electron chi connectivity index (χ0n) is 22.3. The van der Waals surface area contributed by atoms with E-state index >= 15 is 0 Å². The molecule has 0 bridgehead atoms. The zero-order chi connectivity index (χ0) is 26.9. The molecule has 1 aliphatic carbocycles. The van der Waals surface area contributed by atoms with Gasteiger partial charge in [0.15, 0.2) is 0 Å². The van der Waals surface area contributed by atoms with Crippen LogP contribution < -0.4 is 15.4 Å². The van der Waals surface area contributed by atoms with Crippen molar-refractivity contribution in [3.63, 3.8) is 0 Å². The van der Waals surface area contributed by atoms with Crippen LogP contribution in [0.5, 0.6) is 11.5 Å². The van der Waals surface area contributed by atoms with E-state index in [2.05, 4.69) is 10.6 Å². The SMILES string of the molecule is Cc1cc(F)cc(Oc2cc(NCC3CCOCC3)c3ncn(-c4ccc(C(=O)NC5CC5)c(C)c4)c3c2)c1. The molecule has 1 aliphatic heterocycles. The number of nitrogens with zero attached hydrogens (tertiary/aromatic N) is 2. The monoisotopic (exact) mass is 528 g/mol. The lowest BCUT2D eigenvalue weighted by atomic mass is 10.0. The minimum atomic E-state index is -0.338. The molecule has 2 N–H and O–H groups in total. The van der Waals surface area contributed by atoms with Crippen LogP contribution in [0, 0.1) is 25.6 Å². The van der Waals surface area contributed by atoms with Crippen LogP contribution in [-0.4, -0.2) is 41.3 Å². The Balaban J connectivity index is 1.35. The number of benzene rings is 3. The van der Waals surface area contributed by atoms with Crippen molar-refractivity contribution in [1.82, 2.24) is 14.9 Å². The fourth-order valence-electron chi connectivity index (χ4n) is 5.14. The Morgan fingerprint density at radius 1 is 1.05 bits per heavy atom. The molecule has 8 heteroatoms. The molecule has 2 fully saturated rings. The van der Waals surface area contributed by atoms with Gasteiger partial charge in [-0.2, -0.15) is 0 Å². The van der Waals surface area contributed by atoms with E-state index in [1.807, 2.05) is 54.8 Å². The molecular formula is C31H33FN4O3. The first kappa shape index (κ1) is 25.4. The lowest BCUT2D eigenvalue weighted by Gasteiger charge is -2.23. The lowest BCUT2D eigenvalue weighted by molar-refractivity contribution is 0.0699. The lowest BCUT2D eigenvalue weighted by Crippen LogP contribution is -2.26. The average molecular weight is 529 g/mol. The Kier molecular flexibility index (Phi) is 6.95. The number of ether oxygens (including phenoxy) is 2. The highest BCUT2D eigenvalue weighted by Crippen LogP contribution is 2.34. The maximum Gasteiger partial charge on any atom is 0.251 e. The second kappa shape index (κ2) is 10.7. The smallest absolute Gasteiger partial charge is 0.251 e.